The fraction of sp³-hybridized carbons (Fsp3) is 0.0625. The van der Waals surface area contributed by atoms with E-state index in [1.807, 2.05) is 24.3 Å². The number of hydrogen-bond donors (Lipinski definition) is 0. The third-order valence-electron chi connectivity index (χ3n) is 2.91. The summed E-state index contributed by atoms with van der Waals surface area (Å²) in [7, 11) is 0. The van der Waals surface area contributed by atoms with E-state index in [9.17, 15) is 4.79 Å². The maximum absolute atomic E-state index is 11.8. The van der Waals surface area contributed by atoms with Crippen LogP contribution >= 0.6 is 11.6 Å². The lowest BCUT2D eigenvalue weighted by atomic mass is 10.1. The van der Waals surface area contributed by atoms with Crippen LogP contribution in [0.25, 0.3) is 6.08 Å². The second-order valence-electron chi connectivity index (χ2n) is 4.48. The van der Waals surface area contributed by atoms with E-state index in [4.69, 9.17) is 16.3 Å². The van der Waals surface area contributed by atoms with Crippen LogP contribution in [0.5, 0.6) is 0 Å². The molecule has 0 N–H and O–H groups in total. The van der Waals surface area contributed by atoms with Crippen LogP contribution in [0.4, 0.5) is 0 Å². The normalized spacial score (nSPS) is 16.0. The molecule has 0 amide bonds. The monoisotopic (exact) mass is 298 g/mol. The number of aliphatic imine (C=N–C) groups is 1. The van der Waals surface area contributed by atoms with Gasteiger partial charge in [0.1, 0.15) is 0 Å². The summed E-state index contributed by atoms with van der Waals surface area (Å²) in [6.45, 7) is 0. The highest BCUT2D eigenvalue weighted by Gasteiger charge is 2.23. The Kier molecular flexibility index (Phi) is 3.79. The maximum atomic E-state index is 11.8. The molecule has 104 valence electrons. The van der Waals surface area contributed by atoms with Crippen molar-refractivity contribution in [1.82, 2.24) is 4.98 Å². The molecule has 1 aliphatic heterocycles. The van der Waals surface area contributed by atoms with Crippen molar-refractivity contribution < 1.29 is 9.53 Å². The van der Waals surface area contributed by atoms with Crippen LogP contribution in [-0.4, -0.2) is 16.9 Å². The molecule has 0 radical (unpaired) electrons. The van der Waals surface area contributed by atoms with Crippen LogP contribution in [0.15, 0.2) is 59.4 Å². The zero-order chi connectivity index (χ0) is 14.7. The van der Waals surface area contributed by atoms with Crippen LogP contribution in [0.3, 0.4) is 0 Å². The molecular weight excluding hydrogens is 288 g/mol. The molecule has 4 nitrogen and oxygen atoms in total. The van der Waals surface area contributed by atoms with Crippen molar-refractivity contribution in [3.05, 3.63) is 70.6 Å². The zero-order valence-electron chi connectivity index (χ0n) is 11.0. The lowest BCUT2D eigenvalue weighted by Gasteiger charge is -1.99. The van der Waals surface area contributed by atoms with Gasteiger partial charge in [-0.05, 0) is 35.9 Å². The Morgan fingerprint density at radius 2 is 1.95 bits per heavy atom. The van der Waals surface area contributed by atoms with Gasteiger partial charge in [-0.3, -0.25) is 4.98 Å². The molecule has 0 aliphatic carbocycles. The van der Waals surface area contributed by atoms with Gasteiger partial charge in [0.05, 0.1) is 5.69 Å². The van der Waals surface area contributed by atoms with E-state index >= 15 is 0 Å². The van der Waals surface area contributed by atoms with Crippen LogP contribution in [0.1, 0.15) is 11.3 Å². The lowest BCUT2D eigenvalue weighted by Crippen LogP contribution is -2.06. The second-order valence-corrected chi connectivity index (χ2v) is 4.92. The zero-order valence-corrected chi connectivity index (χ0v) is 11.7. The van der Waals surface area contributed by atoms with Crippen molar-refractivity contribution in [2.45, 2.75) is 6.42 Å². The molecule has 0 fully saturated rings. The topological polar surface area (TPSA) is 51.5 Å². The number of ether oxygens (including phenoxy) is 1. The van der Waals surface area contributed by atoms with Gasteiger partial charge in [0.2, 0.25) is 5.90 Å². The molecule has 21 heavy (non-hydrogen) atoms. The van der Waals surface area contributed by atoms with Gasteiger partial charge in [-0.1, -0.05) is 29.8 Å². The summed E-state index contributed by atoms with van der Waals surface area (Å²) in [5, 5.41) is 0.667. The first-order valence-electron chi connectivity index (χ1n) is 6.37. The van der Waals surface area contributed by atoms with Gasteiger partial charge >= 0.3 is 5.97 Å². The molecule has 1 aromatic heterocycles. The summed E-state index contributed by atoms with van der Waals surface area (Å²) in [5.41, 5.74) is 1.91. The molecule has 2 aromatic rings. The number of carbonyl (C=O) groups excluding carboxylic acids is 1. The molecule has 5 heteroatoms. The average Bonchev–Trinajstić information content (AvgIpc) is 2.82. The molecule has 0 saturated carbocycles. The van der Waals surface area contributed by atoms with Crippen molar-refractivity contribution in [3.63, 3.8) is 0 Å². The molecule has 0 atom stereocenters. The van der Waals surface area contributed by atoms with Crippen LogP contribution in [0.2, 0.25) is 5.02 Å². The van der Waals surface area contributed by atoms with Crippen LogP contribution < -0.4 is 0 Å². The molecule has 3 rings (SSSR count). The summed E-state index contributed by atoms with van der Waals surface area (Å²) >= 11 is 5.83. The van der Waals surface area contributed by atoms with E-state index in [0.29, 0.717) is 23.0 Å². The largest absolute Gasteiger partial charge is 0.406 e. The SMILES string of the molecule is O=C1OC(Cc2ccc(Cl)cc2)=N/C1=C/c1ccccn1. The molecule has 0 unspecified atom stereocenters. The van der Waals surface area contributed by atoms with Gasteiger partial charge in [0.15, 0.2) is 5.70 Å². The Balaban J connectivity index is 1.79. The van der Waals surface area contributed by atoms with Crippen molar-refractivity contribution in [3.8, 4) is 0 Å². The van der Waals surface area contributed by atoms with E-state index in [-0.39, 0.29) is 5.70 Å². The number of aromatic nitrogens is 1. The van der Waals surface area contributed by atoms with Crippen LogP contribution in [0, 0.1) is 0 Å². The Bertz CT molecular complexity index is 722. The third-order valence-corrected chi connectivity index (χ3v) is 3.16. The Labute approximate surface area is 126 Å². The fourth-order valence-corrected chi connectivity index (χ4v) is 2.03. The van der Waals surface area contributed by atoms with Gasteiger partial charge in [-0.15, -0.1) is 0 Å². The molecule has 1 aromatic carbocycles. The number of halogens is 1. The summed E-state index contributed by atoms with van der Waals surface area (Å²) in [4.78, 5) is 20.1. The van der Waals surface area contributed by atoms with Gasteiger partial charge in [-0.2, -0.15) is 0 Å². The highest BCUT2D eigenvalue weighted by atomic mass is 35.5. The Morgan fingerprint density at radius 1 is 1.14 bits per heavy atom. The smallest absolute Gasteiger partial charge is 0.363 e. The average molecular weight is 299 g/mol. The highest BCUT2D eigenvalue weighted by Crippen LogP contribution is 2.17. The summed E-state index contributed by atoms with van der Waals surface area (Å²) < 4.78 is 5.16. The Hall–Kier alpha value is -2.46. The minimum atomic E-state index is -0.454. The van der Waals surface area contributed by atoms with Crippen LogP contribution in [-0.2, 0) is 16.0 Å². The van der Waals surface area contributed by atoms with Crippen molar-refractivity contribution in [1.29, 1.82) is 0 Å². The predicted molar refractivity (Wildman–Crippen MR) is 80.9 cm³/mol. The van der Waals surface area contributed by atoms with Gasteiger partial charge < -0.3 is 4.74 Å². The van der Waals surface area contributed by atoms with Gasteiger partial charge in [0, 0.05) is 17.6 Å². The van der Waals surface area contributed by atoms with E-state index in [1.54, 1.807) is 30.5 Å². The third kappa shape index (κ3) is 3.35. The molecule has 1 aliphatic rings. The van der Waals surface area contributed by atoms with E-state index in [1.165, 1.54) is 0 Å². The minimum absolute atomic E-state index is 0.262. The molecular formula is C16H11ClN2O2. The van der Waals surface area contributed by atoms with Gasteiger partial charge in [-0.25, -0.2) is 9.79 Å². The summed E-state index contributed by atoms with van der Waals surface area (Å²) in [6.07, 6.45) is 3.71. The maximum Gasteiger partial charge on any atom is 0.363 e. The lowest BCUT2D eigenvalue weighted by molar-refractivity contribution is -0.130. The number of esters is 1. The number of pyridine rings is 1. The number of hydrogen-bond acceptors (Lipinski definition) is 4. The molecule has 0 spiro atoms. The first-order valence-corrected chi connectivity index (χ1v) is 6.75. The number of cyclic esters (lactones) is 1. The first kappa shape index (κ1) is 13.5. The number of nitrogens with zero attached hydrogens (tertiary/aromatic N) is 2. The second kappa shape index (κ2) is 5.89. The van der Waals surface area contributed by atoms with E-state index in [0.717, 1.165) is 5.56 Å². The van der Waals surface area contributed by atoms with E-state index < -0.39 is 5.97 Å². The van der Waals surface area contributed by atoms with Crippen molar-refractivity contribution >= 4 is 29.5 Å². The highest BCUT2D eigenvalue weighted by molar-refractivity contribution is 6.30. The minimum Gasteiger partial charge on any atom is -0.406 e. The first-order chi connectivity index (χ1) is 10.2. The molecule has 2 heterocycles. The van der Waals surface area contributed by atoms with Crippen molar-refractivity contribution in [2.24, 2.45) is 4.99 Å². The fourth-order valence-electron chi connectivity index (χ4n) is 1.91. The molecule has 0 saturated heterocycles. The van der Waals surface area contributed by atoms with E-state index in [2.05, 4.69) is 9.98 Å². The summed E-state index contributed by atoms with van der Waals surface area (Å²) in [5.74, 6) is -0.0749. The number of rotatable bonds is 3. The van der Waals surface area contributed by atoms with Crippen molar-refractivity contribution in [2.75, 3.05) is 0 Å². The predicted octanol–water partition coefficient (Wildman–Crippen LogP) is 3.27. The summed E-state index contributed by atoms with van der Waals surface area (Å²) in [6, 6.07) is 12.8. The Morgan fingerprint density at radius 3 is 2.67 bits per heavy atom. The molecule has 0 bridgehead atoms. The standard InChI is InChI=1S/C16H11ClN2O2/c17-12-6-4-11(5-7-12)9-15-19-14(16(20)21-15)10-13-3-1-2-8-18-13/h1-8,10H,9H2/b14-10+. The number of carbonyl (C=O) groups is 1. The van der Waals surface area contributed by atoms with Gasteiger partial charge in [0.25, 0.3) is 0 Å². The number of benzene rings is 1. The quantitative estimate of drug-likeness (QED) is 0.645.